The predicted octanol–water partition coefficient (Wildman–Crippen LogP) is 1.51. The maximum atomic E-state index is 9.95. The van der Waals surface area contributed by atoms with Crippen molar-refractivity contribution in [3.63, 3.8) is 0 Å². The molecule has 0 fully saturated rings. The number of hydrogen-bond acceptors (Lipinski definition) is 3. The molecule has 1 aromatic heterocycles. The average molecular weight is 288 g/mol. The van der Waals surface area contributed by atoms with Crippen LogP contribution < -0.4 is 10.1 Å². The first kappa shape index (κ1) is 15.4. The zero-order valence-corrected chi connectivity index (χ0v) is 12.1. The summed E-state index contributed by atoms with van der Waals surface area (Å²) >= 11 is 0. The van der Waals surface area contributed by atoms with Crippen molar-refractivity contribution in [3.8, 4) is 5.75 Å². The van der Waals surface area contributed by atoms with Crippen LogP contribution in [0.25, 0.3) is 0 Å². The lowest BCUT2D eigenvalue weighted by Crippen LogP contribution is -2.85. The second-order valence-electron chi connectivity index (χ2n) is 4.87. The molecule has 1 atom stereocenters. The van der Waals surface area contributed by atoms with Crippen molar-refractivity contribution in [2.24, 2.45) is 0 Å². The third-order valence-electron chi connectivity index (χ3n) is 3.13. The molecule has 112 valence electrons. The highest BCUT2D eigenvalue weighted by Crippen LogP contribution is 2.18. The van der Waals surface area contributed by atoms with E-state index in [0.717, 1.165) is 30.0 Å². The Bertz CT molecular complexity index is 537. The Labute approximate surface area is 125 Å². The van der Waals surface area contributed by atoms with Gasteiger partial charge in [0, 0.05) is 0 Å². The molecule has 0 unspecified atom stereocenters. The molecule has 0 aliphatic rings. The number of aliphatic hydroxyl groups is 1. The van der Waals surface area contributed by atoms with Gasteiger partial charge in [0.1, 0.15) is 31.5 Å². The van der Waals surface area contributed by atoms with Gasteiger partial charge < -0.3 is 19.6 Å². The summed E-state index contributed by atoms with van der Waals surface area (Å²) in [6.45, 7) is 5.31. The normalized spacial score (nSPS) is 12.0. The Morgan fingerprint density at radius 2 is 2.14 bits per heavy atom. The Morgan fingerprint density at radius 1 is 1.29 bits per heavy atom. The van der Waals surface area contributed by atoms with Gasteiger partial charge in [-0.15, -0.1) is 6.58 Å². The molecule has 0 bridgehead atoms. The van der Waals surface area contributed by atoms with Gasteiger partial charge in [0.05, 0.1) is 6.26 Å². The summed E-state index contributed by atoms with van der Waals surface area (Å²) in [6.07, 6.45) is 3.74. The second-order valence-corrected chi connectivity index (χ2v) is 4.87. The number of nitrogens with two attached hydrogens (primary N) is 1. The molecule has 0 aliphatic heterocycles. The Morgan fingerprint density at radius 3 is 2.90 bits per heavy atom. The molecule has 0 aliphatic carbocycles. The van der Waals surface area contributed by atoms with Gasteiger partial charge in [-0.25, -0.2) is 0 Å². The van der Waals surface area contributed by atoms with Crippen LogP contribution in [0.15, 0.2) is 59.7 Å². The van der Waals surface area contributed by atoms with Gasteiger partial charge in [0.15, 0.2) is 5.76 Å². The average Bonchev–Trinajstić information content (AvgIpc) is 3.00. The lowest BCUT2D eigenvalue weighted by Gasteiger charge is -2.13. The number of ether oxygens (including phenoxy) is 1. The maximum absolute atomic E-state index is 9.95. The van der Waals surface area contributed by atoms with Crippen LogP contribution in [0.4, 0.5) is 0 Å². The molecule has 2 rings (SSSR count). The standard InChI is InChI=1S/C17H21NO3/c1-2-6-14-7-3-4-9-17(14)21-13-15(19)11-18-12-16-8-5-10-20-16/h2-5,7-10,15,18-19H,1,6,11-13H2/p+1/t15-/m1/s1. The van der Waals surface area contributed by atoms with Crippen LogP contribution >= 0.6 is 0 Å². The van der Waals surface area contributed by atoms with Crippen LogP contribution in [0.2, 0.25) is 0 Å². The highest BCUT2D eigenvalue weighted by molar-refractivity contribution is 5.34. The first-order valence-corrected chi connectivity index (χ1v) is 7.13. The number of para-hydroxylation sites is 1. The van der Waals surface area contributed by atoms with E-state index < -0.39 is 6.10 Å². The molecule has 0 saturated carbocycles. The Balaban J connectivity index is 1.73. The monoisotopic (exact) mass is 288 g/mol. The van der Waals surface area contributed by atoms with Gasteiger partial charge in [-0.05, 0) is 30.2 Å². The van der Waals surface area contributed by atoms with Gasteiger partial charge in [0.25, 0.3) is 0 Å². The fraction of sp³-hybridized carbons (Fsp3) is 0.294. The number of aliphatic hydroxyl groups excluding tert-OH is 1. The molecule has 0 saturated heterocycles. The van der Waals surface area contributed by atoms with Crippen LogP contribution in [0, 0.1) is 0 Å². The van der Waals surface area contributed by atoms with E-state index in [1.54, 1.807) is 6.26 Å². The number of quaternary nitrogens is 1. The largest absolute Gasteiger partial charge is 0.490 e. The highest BCUT2D eigenvalue weighted by atomic mass is 16.5. The van der Waals surface area contributed by atoms with Crippen molar-refractivity contribution < 1.29 is 19.6 Å². The fourth-order valence-electron chi connectivity index (χ4n) is 2.07. The summed E-state index contributed by atoms with van der Waals surface area (Å²) in [7, 11) is 0. The SMILES string of the molecule is C=CCc1ccccc1OC[C@H](O)C[NH2+]Cc1ccco1. The Kier molecular flexibility index (Phi) is 6.06. The summed E-state index contributed by atoms with van der Waals surface area (Å²) in [5.74, 6) is 1.71. The van der Waals surface area contributed by atoms with E-state index in [-0.39, 0.29) is 6.61 Å². The molecule has 0 amide bonds. The predicted molar refractivity (Wildman–Crippen MR) is 81.0 cm³/mol. The fourth-order valence-corrected chi connectivity index (χ4v) is 2.07. The Hall–Kier alpha value is -2.04. The number of benzene rings is 1. The van der Waals surface area contributed by atoms with E-state index in [4.69, 9.17) is 9.15 Å². The molecule has 21 heavy (non-hydrogen) atoms. The second kappa shape index (κ2) is 8.29. The van der Waals surface area contributed by atoms with Crippen molar-refractivity contribution in [2.75, 3.05) is 13.2 Å². The van der Waals surface area contributed by atoms with Gasteiger partial charge in [0.2, 0.25) is 0 Å². The zero-order chi connectivity index (χ0) is 14.9. The first-order valence-electron chi connectivity index (χ1n) is 7.13. The van der Waals surface area contributed by atoms with Gasteiger partial charge >= 0.3 is 0 Å². The molecule has 0 spiro atoms. The molecular formula is C17H22NO3+. The van der Waals surface area contributed by atoms with E-state index in [2.05, 4.69) is 6.58 Å². The van der Waals surface area contributed by atoms with Crippen molar-refractivity contribution >= 4 is 0 Å². The number of hydrogen-bond donors (Lipinski definition) is 2. The number of allylic oxidation sites excluding steroid dienone is 1. The van der Waals surface area contributed by atoms with Crippen LogP contribution in [-0.4, -0.2) is 24.4 Å². The minimum absolute atomic E-state index is 0.281. The van der Waals surface area contributed by atoms with Crippen molar-refractivity contribution in [2.45, 2.75) is 19.1 Å². The lowest BCUT2D eigenvalue weighted by atomic mass is 10.1. The lowest BCUT2D eigenvalue weighted by molar-refractivity contribution is -0.678. The molecule has 0 radical (unpaired) electrons. The topological polar surface area (TPSA) is 59.2 Å². The third kappa shape index (κ3) is 5.10. The molecule has 4 nitrogen and oxygen atoms in total. The summed E-state index contributed by atoms with van der Waals surface area (Å²) in [5.41, 5.74) is 1.08. The van der Waals surface area contributed by atoms with Crippen LogP contribution in [0.5, 0.6) is 5.75 Å². The minimum atomic E-state index is -0.517. The molecular weight excluding hydrogens is 266 g/mol. The van der Waals surface area contributed by atoms with E-state index in [1.807, 2.05) is 47.8 Å². The minimum Gasteiger partial charge on any atom is -0.490 e. The molecule has 3 N–H and O–H groups in total. The third-order valence-corrected chi connectivity index (χ3v) is 3.13. The van der Waals surface area contributed by atoms with Crippen molar-refractivity contribution in [3.05, 3.63) is 66.6 Å². The van der Waals surface area contributed by atoms with Gasteiger partial charge in [-0.3, -0.25) is 0 Å². The van der Waals surface area contributed by atoms with Crippen molar-refractivity contribution in [1.29, 1.82) is 0 Å². The number of furan rings is 1. The quantitative estimate of drug-likeness (QED) is 0.688. The highest BCUT2D eigenvalue weighted by Gasteiger charge is 2.09. The van der Waals surface area contributed by atoms with Crippen LogP contribution in [0.3, 0.4) is 0 Å². The van der Waals surface area contributed by atoms with Crippen LogP contribution in [-0.2, 0) is 13.0 Å². The zero-order valence-electron chi connectivity index (χ0n) is 12.1. The summed E-state index contributed by atoms with van der Waals surface area (Å²) < 4.78 is 10.9. The smallest absolute Gasteiger partial charge is 0.157 e. The summed E-state index contributed by atoms with van der Waals surface area (Å²) in [6, 6.07) is 11.6. The number of rotatable bonds is 9. The summed E-state index contributed by atoms with van der Waals surface area (Å²) in [4.78, 5) is 0. The summed E-state index contributed by atoms with van der Waals surface area (Å²) in [5, 5.41) is 12.0. The van der Waals surface area contributed by atoms with E-state index >= 15 is 0 Å². The van der Waals surface area contributed by atoms with Gasteiger partial charge in [-0.1, -0.05) is 24.3 Å². The van der Waals surface area contributed by atoms with Crippen LogP contribution in [0.1, 0.15) is 11.3 Å². The molecule has 1 aromatic carbocycles. The first-order chi connectivity index (χ1) is 10.3. The van der Waals surface area contributed by atoms with E-state index in [1.165, 1.54) is 0 Å². The maximum Gasteiger partial charge on any atom is 0.157 e. The van der Waals surface area contributed by atoms with Crippen molar-refractivity contribution in [1.82, 2.24) is 0 Å². The van der Waals surface area contributed by atoms with Gasteiger partial charge in [-0.2, -0.15) is 0 Å². The molecule has 2 aromatic rings. The van der Waals surface area contributed by atoms with E-state index in [9.17, 15) is 5.11 Å². The molecule has 4 heteroatoms. The van der Waals surface area contributed by atoms with E-state index in [0.29, 0.717) is 6.54 Å². The molecule has 1 heterocycles.